The van der Waals surface area contributed by atoms with Gasteiger partial charge in [-0.2, -0.15) is 4.98 Å². The molecule has 1 aromatic carbocycles. The van der Waals surface area contributed by atoms with E-state index in [0.29, 0.717) is 23.3 Å². The molecule has 4 N–H and O–H groups in total. The van der Waals surface area contributed by atoms with E-state index in [2.05, 4.69) is 20.7 Å². The molecule has 2 rings (SSSR count). The van der Waals surface area contributed by atoms with Crippen molar-refractivity contribution < 1.29 is 0 Å². The van der Waals surface area contributed by atoms with E-state index in [9.17, 15) is 0 Å². The van der Waals surface area contributed by atoms with Crippen LogP contribution in [0.15, 0.2) is 30.5 Å². The minimum Gasteiger partial charge on any atom is -0.368 e. The molecular formula is C12H13Cl2N5. The summed E-state index contributed by atoms with van der Waals surface area (Å²) >= 11 is 11.8. The Bertz CT molecular complexity index is 544. The van der Waals surface area contributed by atoms with Gasteiger partial charge in [0.15, 0.2) is 5.82 Å². The van der Waals surface area contributed by atoms with E-state index in [1.54, 1.807) is 0 Å². The van der Waals surface area contributed by atoms with Crippen molar-refractivity contribution >= 4 is 35.0 Å². The Kier molecular flexibility index (Phi) is 4.79. The first kappa shape index (κ1) is 13.9. The number of nitrogens with zero attached hydrogens (tertiary/aromatic N) is 2. The number of hydrogen-bond acceptors (Lipinski definition) is 5. The number of nitrogens with one attached hydrogen (secondary N) is 2. The molecule has 100 valence electrons. The van der Waals surface area contributed by atoms with Gasteiger partial charge >= 0.3 is 0 Å². The molecule has 0 bridgehead atoms. The quantitative estimate of drug-likeness (QED) is 0.584. The number of hydrazine groups is 1. The molecule has 2 aromatic rings. The number of rotatable bonds is 5. The molecule has 7 heteroatoms. The van der Waals surface area contributed by atoms with Crippen LogP contribution >= 0.6 is 23.2 Å². The maximum Gasteiger partial charge on any atom is 0.239 e. The van der Waals surface area contributed by atoms with Crippen LogP contribution in [0.4, 0.5) is 11.8 Å². The molecule has 0 spiro atoms. The first-order valence-electron chi connectivity index (χ1n) is 5.66. The number of nitrogens with two attached hydrogens (primary N) is 1. The summed E-state index contributed by atoms with van der Waals surface area (Å²) in [7, 11) is 0. The average Bonchev–Trinajstić information content (AvgIpc) is 2.43. The van der Waals surface area contributed by atoms with Gasteiger partial charge in [-0.05, 0) is 24.1 Å². The lowest BCUT2D eigenvalue weighted by atomic mass is 10.1. The molecule has 19 heavy (non-hydrogen) atoms. The van der Waals surface area contributed by atoms with Crippen molar-refractivity contribution in [2.45, 2.75) is 6.42 Å². The normalized spacial score (nSPS) is 10.3. The van der Waals surface area contributed by atoms with Gasteiger partial charge in [0.25, 0.3) is 0 Å². The van der Waals surface area contributed by atoms with Crippen LogP contribution in [0.3, 0.4) is 0 Å². The van der Waals surface area contributed by atoms with Crippen molar-refractivity contribution in [3.05, 3.63) is 46.1 Å². The van der Waals surface area contributed by atoms with E-state index in [-0.39, 0.29) is 0 Å². The summed E-state index contributed by atoms with van der Waals surface area (Å²) in [5.41, 5.74) is 3.55. The monoisotopic (exact) mass is 297 g/mol. The minimum atomic E-state index is 0.318. The minimum absolute atomic E-state index is 0.318. The number of nitrogen functional groups attached to an aromatic ring is 1. The van der Waals surface area contributed by atoms with Gasteiger partial charge in [0.05, 0.1) is 6.20 Å². The summed E-state index contributed by atoms with van der Waals surface area (Å²) in [5, 5.41) is 4.32. The van der Waals surface area contributed by atoms with Crippen LogP contribution in [0.2, 0.25) is 10.0 Å². The Morgan fingerprint density at radius 3 is 2.58 bits per heavy atom. The Morgan fingerprint density at radius 1 is 1.16 bits per heavy atom. The first-order chi connectivity index (χ1) is 9.19. The van der Waals surface area contributed by atoms with Crippen LogP contribution < -0.4 is 16.6 Å². The molecule has 0 radical (unpaired) electrons. The zero-order chi connectivity index (χ0) is 13.7. The van der Waals surface area contributed by atoms with Gasteiger partial charge in [-0.1, -0.05) is 35.3 Å². The smallest absolute Gasteiger partial charge is 0.239 e. The van der Waals surface area contributed by atoms with Gasteiger partial charge in [0.1, 0.15) is 5.02 Å². The van der Waals surface area contributed by atoms with Crippen LogP contribution in [0.25, 0.3) is 0 Å². The third-order valence-electron chi connectivity index (χ3n) is 2.49. The Morgan fingerprint density at radius 2 is 1.89 bits per heavy atom. The summed E-state index contributed by atoms with van der Waals surface area (Å²) in [5.74, 6) is 6.12. The summed E-state index contributed by atoms with van der Waals surface area (Å²) in [4.78, 5) is 8.02. The van der Waals surface area contributed by atoms with Gasteiger partial charge < -0.3 is 5.32 Å². The predicted molar refractivity (Wildman–Crippen MR) is 78.5 cm³/mol. The fourth-order valence-electron chi connectivity index (χ4n) is 1.54. The fraction of sp³-hybridized carbons (Fsp3) is 0.167. The predicted octanol–water partition coefficient (Wildman–Crippen LogP) is 2.72. The maximum atomic E-state index is 5.98. The molecule has 0 saturated heterocycles. The lowest BCUT2D eigenvalue weighted by Gasteiger charge is -2.08. The van der Waals surface area contributed by atoms with Crippen LogP contribution in [-0.2, 0) is 6.42 Å². The average molecular weight is 298 g/mol. The van der Waals surface area contributed by atoms with Crippen LogP contribution in [0, 0.1) is 0 Å². The van der Waals surface area contributed by atoms with E-state index in [0.717, 1.165) is 11.4 Å². The molecule has 0 fully saturated rings. The van der Waals surface area contributed by atoms with E-state index in [4.69, 9.17) is 29.0 Å². The van der Waals surface area contributed by atoms with Crippen LogP contribution in [0.5, 0.6) is 0 Å². The molecule has 0 amide bonds. The maximum absolute atomic E-state index is 5.98. The zero-order valence-electron chi connectivity index (χ0n) is 10.0. The molecule has 1 heterocycles. The van der Waals surface area contributed by atoms with Crippen molar-refractivity contribution in [2.75, 3.05) is 17.3 Å². The fourth-order valence-corrected chi connectivity index (χ4v) is 1.82. The number of anilines is 2. The second-order valence-corrected chi connectivity index (χ2v) is 4.68. The molecule has 0 aliphatic carbocycles. The summed E-state index contributed by atoms with van der Waals surface area (Å²) < 4.78 is 0. The number of hydrogen-bond donors (Lipinski definition) is 3. The van der Waals surface area contributed by atoms with Crippen molar-refractivity contribution in [3.8, 4) is 0 Å². The van der Waals surface area contributed by atoms with Crippen LogP contribution in [0.1, 0.15) is 5.56 Å². The summed E-state index contributed by atoms with van der Waals surface area (Å²) in [6.45, 7) is 0.697. The van der Waals surface area contributed by atoms with Crippen LogP contribution in [-0.4, -0.2) is 16.5 Å². The summed E-state index contributed by atoms with van der Waals surface area (Å²) in [6, 6.07) is 7.70. The molecule has 0 atom stereocenters. The SMILES string of the molecule is NNc1ncc(Cl)c(NCCc2ccc(Cl)cc2)n1. The molecule has 5 nitrogen and oxygen atoms in total. The molecule has 1 aromatic heterocycles. The number of aromatic nitrogens is 2. The zero-order valence-corrected chi connectivity index (χ0v) is 11.5. The van der Waals surface area contributed by atoms with Crippen molar-refractivity contribution in [3.63, 3.8) is 0 Å². The van der Waals surface area contributed by atoms with Gasteiger partial charge in [-0.3, -0.25) is 5.43 Å². The van der Waals surface area contributed by atoms with Gasteiger partial charge in [-0.15, -0.1) is 0 Å². The van der Waals surface area contributed by atoms with Gasteiger partial charge in [-0.25, -0.2) is 10.8 Å². The highest BCUT2D eigenvalue weighted by Crippen LogP contribution is 2.19. The molecule has 0 aliphatic rings. The third kappa shape index (κ3) is 3.96. The lowest BCUT2D eigenvalue weighted by Crippen LogP contribution is -2.13. The van der Waals surface area contributed by atoms with E-state index in [1.165, 1.54) is 11.8 Å². The van der Waals surface area contributed by atoms with Crippen molar-refractivity contribution in [1.82, 2.24) is 9.97 Å². The Balaban J connectivity index is 1.93. The Hall–Kier alpha value is -1.56. The number of benzene rings is 1. The molecule has 0 aliphatic heterocycles. The molecule has 0 saturated carbocycles. The van der Waals surface area contributed by atoms with Gasteiger partial charge in [0, 0.05) is 11.6 Å². The van der Waals surface area contributed by atoms with Crippen molar-refractivity contribution in [1.29, 1.82) is 0 Å². The lowest BCUT2D eigenvalue weighted by molar-refractivity contribution is 0.997. The van der Waals surface area contributed by atoms with Crippen molar-refractivity contribution in [2.24, 2.45) is 5.84 Å². The van der Waals surface area contributed by atoms with E-state index >= 15 is 0 Å². The topological polar surface area (TPSA) is 75.9 Å². The highest BCUT2D eigenvalue weighted by molar-refractivity contribution is 6.32. The number of halogens is 2. The summed E-state index contributed by atoms with van der Waals surface area (Å²) in [6.07, 6.45) is 2.33. The third-order valence-corrected chi connectivity index (χ3v) is 3.02. The first-order valence-corrected chi connectivity index (χ1v) is 6.42. The largest absolute Gasteiger partial charge is 0.368 e. The second kappa shape index (κ2) is 6.56. The molecule has 0 unspecified atom stereocenters. The highest BCUT2D eigenvalue weighted by atomic mass is 35.5. The highest BCUT2D eigenvalue weighted by Gasteiger charge is 2.04. The second-order valence-electron chi connectivity index (χ2n) is 3.84. The molecular weight excluding hydrogens is 285 g/mol. The van der Waals surface area contributed by atoms with E-state index in [1.807, 2.05) is 24.3 Å². The van der Waals surface area contributed by atoms with Gasteiger partial charge in [0.2, 0.25) is 5.95 Å². The van der Waals surface area contributed by atoms with E-state index < -0.39 is 0 Å². The Labute approximate surface area is 121 Å². The standard InChI is InChI=1S/C12H13Cl2N5/c13-9-3-1-8(2-4-9)5-6-16-11-10(14)7-17-12(18-11)19-15/h1-4,7H,5-6,15H2,(H2,16,17,18,19).